The molecule has 0 radical (unpaired) electrons. The van der Waals surface area contributed by atoms with Crippen LogP contribution in [0.2, 0.25) is 10.0 Å². The molecule has 0 aliphatic rings. The summed E-state index contributed by atoms with van der Waals surface area (Å²) in [4.78, 5) is 12.7. The summed E-state index contributed by atoms with van der Waals surface area (Å²) >= 11 is 12.2. The Balaban J connectivity index is 2.41. The van der Waals surface area contributed by atoms with Gasteiger partial charge in [0.15, 0.2) is 0 Å². The fourth-order valence-electron chi connectivity index (χ4n) is 2.73. The number of hydrogen-bond acceptors (Lipinski definition) is 3. The molecule has 2 rings (SSSR count). The first kappa shape index (κ1) is 20.6. The van der Waals surface area contributed by atoms with E-state index in [1.165, 1.54) is 6.92 Å². The van der Waals surface area contributed by atoms with Crippen molar-refractivity contribution in [1.29, 1.82) is 0 Å². The third kappa shape index (κ3) is 4.69. The predicted octanol–water partition coefficient (Wildman–Crippen LogP) is 4.40. The zero-order chi connectivity index (χ0) is 19.6. The third-order valence-electron chi connectivity index (χ3n) is 3.76. The molecule has 0 fully saturated rings. The number of rotatable bonds is 5. The van der Waals surface area contributed by atoms with Gasteiger partial charge in [-0.25, -0.2) is 8.42 Å². The molecule has 1 atom stereocenters. The van der Waals surface area contributed by atoms with Gasteiger partial charge in [0.05, 0.1) is 27.7 Å². The van der Waals surface area contributed by atoms with Crippen molar-refractivity contribution in [3.8, 4) is 0 Å². The first-order chi connectivity index (χ1) is 12.0. The van der Waals surface area contributed by atoms with E-state index < -0.39 is 22.0 Å². The van der Waals surface area contributed by atoms with E-state index in [0.29, 0.717) is 5.69 Å². The highest BCUT2D eigenvalue weighted by Gasteiger charge is 2.30. The number of amides is 1. The quantitative estimate of drug-likeness (QED) is 0.787. The van der Waals surface area contributed by atoms with Gasteiger partial charge in [-0.3, -0.25) is 9.10 Å². The van der Waals surface area contributed by atoms with Crippen LogP contribution in [0.5, 0.6) is 0 Å². The van der Waals surface area contributed by atoms with Crippen molar-refractivity contribution in [2.75, 3.05) is 15.9 Å². The average molecular weight is 415 g/mol. The van der Waals surface area contributed by atoms with Crippen LogP contribution in [0.15, 0.2) is 36.4 Å². The number of carbonyl (C=O) groups excluding carboxylic acids is 1. The molecule has 0 aliphatic carbocycles. The Hall–Kier alpha value is -1.76. The molecule has 1 N–H and O–H groups in total. The molecule has 0 aliphatic heterocycles. The molecule has 0 saturated heterocycles. The first-order valence-electron chi connectivity index (χ1n) is 7.83. The molecule has 0 spiro atoms. The number of halogens is 2. The minimum Gasteiger partial charge on any atom is -0.322 e. The largest absolute Gasteiger partial charge is 0.322 e. The Morgan fingerprint density at radius 1 is 1.08 bits per heavy atom. The van der Waals surface area contributed by atoms with E-state index in [-0.39, 0.29) is 15.7 Å². The lowest BCUT2D eigenvalue weighted by Crippen LogP contribution is -2.45. The average Bonchev–Trinajstić information content (AvgIpc) is 2.48. The van der Waals surface area contributed by atoms with Crippen LogP contribution in [0.1, 0.15) is 18.1 Å². The zero-order valence-electron chi connectivity index (χ0n) is 14.9. The van der Waals surface area contributed by atoms with Gasteiger partial charge in [0, 0.05) is 0 Å². The second kappa shape index (κ2) is 7.86. The van der Waals surface area contributed by atoms with Crippen molar-refractivity contribution in [1.82, 2.24) is 0 Å². The highest BCUT2D eigenvalue weighted by atomic mass is 35.5. The molecule has 8 heteroatoms. The monoisotopic (exact) mass is 414 g/mol. The number of benzene rings is 2. The van der Waals surface area contributed by atoms with Crippen molar-refractivity contribution >= 4 is 50.5 Å². The fourth-order valence-corrected chi connectivity index (χ4v) is 4.38. The Kier molecular flexibility index (Phi) is 6.21. The van der Waals surface area contributed by atoms with Crippen LogP contribution in [0, 0.1) is 13.8 Å². The number of para-hydroxylation sites is 1. The summed E-state index contributed by atoms with van der Waals surface area (Å²) in [6.45, 7) is 5.25. The highest BCUT2D eigenvalue weighted by molar-refractivity contribution is 7.92. The number of aryl methyl sites for hydroxylation is 2. The predicted molar refractivity (Wildman–Crippen MR) is 108 cm³/mol. The van der Waals surface area contributed by atoms with Gasteiger partial charge in [0.1, 0.15) is 6.04 Å². The second-order valence-electron chi connectivity index (χ2n) is 6.17. The summed E-state index contributed by atoms with van der Waals surface area (Å²) in [5.74, 6) is -0.537. The van der Waals surface area contributed by atoms with Crippen LogP contribution >= 0.6 is 23.2 Å². The van der Waals surface area contributed by atoms with Gasteiger partial charge in [-0.1, -0.05) is 35.3 Å². The Morgan fingerprint density at radius 3 is 2.04 bits per heavy atom. The van der Waals surface area contributed by atoms with Gasteiger partial charge in [0.2, 0.25) is 15.9 Å². The molecule has 1 amide bonds. The molecule has 2 aromatic carbocycles. The second-order valence-corrected chi connectivity index (χ2v) is 8.84. The van der Waals surface area contributed by atoms with Crippen molar-refractivity contribution in [3.63, 3.8) is 0 Å². The van der Waals surface area contributed by atoms with Crippen molar-refractivity contribution in [3.05, 3.63) is 57.6 Å². The van der Waals surface area contributed by atoms with Crippen LogP contribution in [-0.2, 0) is 14.8 Å². The minimum atomic E-state index is -3.70. The van der Waals surface area contributed by atoms with Crippen LogP contribution in [-0.4, -0.2) is 26.6 Å². The van der Waals surface area contributed by atoms with E-state index in [0.717, 1.165) is 21.7 Å². The molecule has 140 valence electrons. The smallest absolute Gasteiger partial charge is 0.248 e. The molecule has 0 aromatic heterocycles. The number of anilines is 2. The summed E-state index contributed by atoms with van der Waals surface area (Å²) in [5.41, 5.74) is 2.48. The maximum atomic E-state index is 12.7. The topological polar surface area (TPSA) is 66.5 Å². The van der Waals surface area contributed by atoms with Crippen LogP contribution in [0.25, 0.3) is 0 Å². The lowest BCUT2D eigenvalue weighted by atomic mass is 10.1. The molecule has 0 bridgehead atoms. The molecule has 5 nitrogen and oxygen atoms in total. The molecular formula is C18H20Cl2N2O3S. The summed E-state index contributed by atoms with van der Waals surface area (Å²) in [7, 11) is -3.70. The lowest BCUT2D eigenvalue weighted by Gasteiger charge is -2.29. The van der Waals surface area contributed by atoms with E-state index in [1.807, 2.05) is 19.9 Å². The minimum absolute atomic E-state index is 0.251. The van der Waals surface area contributed by atoms with E-state index in [9.17, 15) is 13.2 Å². The number of sulfonamides is 1. The Morgan fingerprint density at radius 2 is 1.58 bits per heavy atom. The zero-order valence-corrected chi connectivity index (χ0v) is 17.2. The maximum Gasteiger partial charge on any atom is 0.248 e. The van der Waals surface area contributed by atoms with Crippen LogP contribution in [0.4, 0.5) is 11.4 Å². The number of hydrogen-bond donors (Lipinski definition) is 1. The molecule has 0 saturated carbocycles. The fraction of sp³-hybridized carbons (Fsp3) is 0.278. The summed E-state index contributed by atoms with van der Waals surface area (Å²) in [6.07, 6.45) is 1.07. The van der Waals surface area contributed by atoms with E-state index in [2.05, 4.69) is 5.32 Å². The molecule has 0 unspecified atom stereocenters. The number of nitrogens with one attached hydrogen (secondary N) is 1. The Bertz CT molecular complexity index is 905. The highest BCUT2D eigenvalue weighted by Crippen LogP contribution is 2.31. The van der Waals surface area contributed by atoms with Gasteiger partial charge in [-0.05, 0) is 56.2 Å². The van der Waals surface area contributed by atoms with E-state index in [4.69, 9.17) is 23.2 Å². The molecule has 26 heavy (non-hydrogen) atoms. The van der Waals surface area contributed by atoms with Crippen LogP contribution < -0.4 is 9.62 Å². The Labute approximate surface area is 164 Å². The van der Waals surface area contributed by atoms with Gasteiger partial charge in [0.25, 0.3) is 0 Å². The third-order valence-corrected chi connectivity index (χ3v) is 5.63. The normalized spacial score (nSPS) is 12.5. The van der Waals surface area contributed by atoms with E-state index in [1.54, 1.807) is 30.3 Å². The molecule has 2 aromatic rings. The number of carbonyl (C=O) groups is 1. The van der Waals surface area contributed by atoms with Crippen molar-refractivity contribution in [2.24, 2.45) is 0 Å². The summed E-state index contributed by atoms with van der Waals surface area (Å²) in [6, 6.07) is 9.21. The lowest BCUT2D eigenvalue weighted by molar-refractivity contribution is -0.116. The summed E-state index contributed by atoms with van der Waals surface area (Å²) in [5, 5.41) is 3.17. The standard InChI is InChI=1S/C18H20Cl2N2O3S/c1-11-8-12(2)10-14(9-11)22(26(4,24)25)13(3)18(23)21-17-15(19)6-5-7-16(17)20/h5-10,13H,1-4H3,(H,21,23)/t13-/m0/s1. The number of nitrogens with zero attached hydrogens (tertiary/aromatic N) is 1. The van der Waals surface area contributed by atoms with Gasteiger partial charge < -0.3 is 5.32 Å². The van der Waals surface area contributed by atoms with Crippen molar-refractivity contribution < 1.29 is 13.2 Å². The van der Waals surface area contributed by atoms with Crippen molar-refractivity contribution in [2.45, 2.75) is 26.8 Å². The first-order valence-corrected chi connectivity index (χ1v) is 10.4. The SMILES string of the molecule is Cc1cc(C)cc(N([C@@H](C)C(=O)Nc2c(Cl)cccc2Cl)S(C)(=O)=O)c1. The maximum absolute atomic E-state index is 12.7. The summed E-state index contributed by atoms with van der Waals surface area (Å²) < 4.78 is 25.9. The van der Waals surface area contributed by atoms with Gasteiger partial charge in [-0.2, -0.15) is 0 Å². The van der Waals surface area contributed by atoms with Gasteiger partial charge in [-0.15, -0.1) is 0 Å². The molecule has 0 heterocycles. The van der Waals surface area contributed by atoms with Gasteiger partial charge >= 0.3 is 0 Å². The molecular weight excluding hydrogens is 395 g/mol. The van der Waals surface area contributed by atoms with E-state index >= 15 is 0 Å². The van der Waals surface area contributed by atoms with Crippen LogP contribution in [0.3, 0.4) is 0 Å².